The fourth-order valence-electron chi connectivity index (χ4n) is 4.72. The summed E-state index contributed by atoms with van der Waals surface area (Å²) in [5.41, 5.74) is 4.98. The molecular formula is C31H30N2O3. The summed E-state index contributed by atoms with van der Waals surface area (Å²) in [5, 5.41) is 1.11. The number of rotatable bonds is 7. The van der Waals surface area contributed by atoms with Gasteiger partial charge in [0.1, 0.15) is 18.1 Å². The SMILES string of the molecule is CCOc1ccc(C2=C(c3ccc(OCc4ccc5ccccc5n4)cc3)C(=O)N(C)C2(C)C)cc1. The number of amides is 1. The maximum Gasteiger partial charge on any atom is 0.255 e. The minimum atomic E-state index is -0.448. The molecule has 0 N–H and O–H groups in total. The van der Waals surface area contributed by atoms with Crippen molar-refractivity contribution in [1.82, 2.24) is 9.88 Å². The average Bonchev–Trinajstić information content (AvgIpc) is 3.08. The lowest BCUT2D eigenvalue weighted by atomic mass is 9.85. The van der Waals surface area contributed by atoms with Crippen LogP contribution < -0.4 is 9.47 Å². The number of nitrogens with zero attached hydrogens (tertiary/aromatic N) is 2. The second kappa shape index (κ2) is 9.50. The zero-order valence-electron chi connectivity index (χ0n) is 21.1. The van der Waals surface area contributed by atoms with Crippen LogP contribution in [0.15, 0.2) is 84.9 Å². The van der Waals surface area contributed by atoms with Crippen molar-refractivity contribution < 1.29 is 14.3 Å². The van der Waals surface area contributed by atoms with Crippen LogP contribution in [0.3, 0.4) is 0 Å². The number of fused-ring (bicyclic) bond motifs is 1. The number of ether oxygens (including phenoxy) is 2. The molecule has 0 unspecified atom stereocenters. The van der Waals surface area contributed by atoms with Gasteiger partial charge in [-0.2, -0.15) is 0 Å². The van der Waals surface area contributed by atoms with E-state index >= 15 is 0 Å². The molecule has 1 aromatic heterocycles. The number of hydrogen-bond acceptors (Lipinski definition) is 4. The van der Waals surface area contributed by atoms with Gasteiger partial charge in [-0.05, 0) is 73.9 Å². The molecule has 3 aromatic carbocycles. The minimum Gasteiger partial charge on any atom is -0.494 e. The molecule has 0 spiro atoms. The van der Waals surface area contributed by atoms with Gasteiger partial charge in [0.15, 0.2) is 0 Å². The third-order valence-corrected chi connectivity index (χ3v) is 6.86. The van der Waals surface area contributed by atoms with E-state index in [1.807, 2.05) is 97.7 Å². The highest BCUT2D eigenvalue weighted by Crippen LogP contribution is 2.45. The molecule has 182 valence electrons. The first-order chi connectivity index (χ1) is 17.4. The Bertz CT molecular complexity index is 1440. The second-order valence-corrected chi connectivity index (χ2v) is 9.44. The van der Waals surface area contributed by atoms with E-state index in [9.17, 15) is 4.79 Å². The van der Waals surface area contributed by atoms with Crippen molar-refractivity contribution in [2.45, 2.75) is 32.9 Å². The molecule has 0 aliphatic carbocycles. The fraction of sp³-hybridized carbons (Fsp3) is 0.226. The normalized spacial score (nSPS) is 15.0. The van der Waals surface area contributed by atoms with Crippen molar-refractivity contribution in [3.8, 4) is 11.5 Å². The molecular weight excluding hydrogens is 448 g/mol. The minimum absolute atomic E-state index is 0.0120. The van der Waals surface area contributed by atoms with Gasteiger partial charge in [0.25, 0.3) is 5.91 Å². The van der Waals surface area contributed by atoms with Crippen LogP contribution in [0, 0.1) is 0 Å². The second-order valence-electron chi connectivity index (χ2n) is 9.44. The smallest absolute Gasteiger partial charge is 0.255 e. The molecule has 0 atom stereocenters. The van der Waals surface area contributed by atoms with Gasteiger partial charge in [-0.25, -0.2) is 4.98 Å². The van der Waals surface area contributed by atoms with Crippen molar-refractivity contribution in [3.05, 3.63) is 102 Å². The van der Waals surface area contributed by atoms with Crippen molar-refractivity contribution in [3.63, 3.8) is 0 Å². The van der Waals surface area contributed by atoms with Crippen molar-refractivity contribution in [1.29, 1.82) is 0 Å². The van der Waals surface area contributed by atoms with E-state index in [1.54, 1.807) is 0 Å². The first-order valence-corrected chi connectivity index (χ1v) is 12.2. The summed E-state index contributed by atoms with van der Waals surface area (Å²) in [7, 11) is 1.86. The third kappa shape index (κ3) is 4.33. The van der Waals surface area contributed by atoms with Gasteiger partial charge in [-0.1, -0.05) is 48.5 Å². The van der Waals surface area contributed by atoms with Crippen LogP contribution in [0.25, 0.3) is 22.0 Å². The first-order valence-electron chi connectivity index (χ1n) is 12.2. The van der Waals surface area contributed by atoms with Crippen LogP contribution in [-0.2, 0) is 11.4 Å². The Morgan fingerprint density at radius 3 is 2.14 bits per heavy atom. The summed E-state index contributed by atoms with van der Waals surface area (Å²) < 4.78 is 11.6. The molecule has 0 saturated carbocycles. The van der Waals surface area contributed by atoms with Gasteiger partial charge >= 0.3 is 0 Å². The highest BCUT2D eigenvalue weighted by molar-refractivity contribution is 6.31. The zero-order chi connectivity index (χ0) is 25.3. The molecule has 5 nitrogen and oxygen atoms in total. The number of para-hydroxylation sites is 1. The third-order valence-electron chi connectivity index (χ3n) is 6.86. The standard InChI is InChI=1S/C31H30N2O3/c1-5-35-25-18-13-23(14-19-25)29-28(30(34)33(4)31(29,2)3)22-11-16-26(17-12-22)36-20-24-15-10-21-8-6-7-9-27(21)32-24/h6-19H,5,20H2,1-4H3. The number of benzene rings is 3. The first kappa shape index (κ1) is 23.6. The number of carbonyl (C=O) groups excluding carboxylic acids is 1. The average molecular weight is 479 g/mol. The lowest BCUT2D eigenvalue weighted by Crippen LogP contribution is -2.39. The van der Waals surface area contributed by atoms with Gasteiger partial charge in [0, 0.05) is 12.4 Å². The molecule has 0 fully saturated rings. The van der Waals surface area contributed by atoms with E-state index in [-0.39, 0.29) is 5.91 Å². The molecule has 0 saturated heterocycles. The number of likely N-dealkylation sites (N-methyl/N-ethyl adjacent to an activating group) is 1. The highest BCUT2D eigenvalue weighted by atomic mass is 16.5. The molecule has 4 aromatic rings. The van der Waals surface area contributed by atoms with E-state index in [4.69, 9.17) is 9.47 Å². The Kier molecular flexibility index (Phi) is 6.23. The molecule has 36 heavy (non-hydrogen) atoms. The summed E-state index contributed by atoms with van der Waals surface area (Å²) in [5.74, 6) is 1.56. The zero-order valence-corrected chi connectivity index (χ0v) is 21.1. The van der Waals surface area contributed by atoms with Gasteiger partial charge < -0.3 is 14.4 Å². The monoisotopic (exact) mass is 478 g/mol. The van der Waals surface area contributed by atoms with Crippen molar-refractivity contribution >= 4 is 28.0 Å². The number of aromatic nitrogens is 1. The Morgan fingerprint density at radius 2 is 1.44 bits per heavy atom. The van der Waals surface area contributed by atoms with Gasteiger partial charge in [-0.3, -0.25) is 4.79 Å². The van der Waals surface area contributed by atoms with Crippen LogP contribution in [0.2, 0.25) is 0 Å². The predicted molar refractivity (Wildman–Crippen MR) is 144 cm³/mol. The van der Waals surface area contributed by atoms with Crippen LogP contribution in [0.4, 0.5) is 0 Å². The Hall–Kier alpha value is -4.12. The van der Waals surface area contributed by atoms with E-state index in [0.29, 0.717) is 13.2 Å². The van der Waals surface area contributed by atoms with Crippen molar-refractivity contribution in [2.75, 3.05) is 13.7 Å². The Morgan fingerprint density at radius 1 is 0.806 bits per heavy atom. The Balaban J connectivity index is 1.42. The van der Waals surface area contributed by atoms with Crippen molar-refractivity contribution in [2.24, 2.45) is 0 Å². The quantitative estimate of drug-likeness (QED) is 0.310. The lowest BCUT2D eigenvalue weighted by molar-refractivity contribution is -0.125. The fourth-order valence-corrected chi connectivity index (χ4v) is 4.72. The summed E-state index contributed by atoms with van der Waals surface area (Å²) in [4.78, 5) is 19.9. The van der Waals surface area contributed by atoms with Crippen LogP contribution in [-0.4, -0.2) is 35.0 Å². The Labute approximate surface area is 212 Å². The molecule has 0 bridgehead atoms. The van der Waals surface area contributed by atoms with Gasteiger partial charge in [0.05, 0.1) is 28.9 Å². The van der Waals surface area contributed by atoms with Crippen LogP contribution >= 0.6 is 0 Å². The maximum absolute atomic E-state index is 13.4. The van der Waals surface area contributed by atoms with Crippen LogP contribution in [0.1, 0.15) is 37.6 Å². The molecule has 0 radical (unpaired) electrons. The van der Waals surface area contributed by atoms with E-state index < -0.39 is 5.54 Å². The van der Waals surface area contributed by atoms with E-state index in [1.165, 1.54) is 0 Å². The number of pyridine rings is 1. The summed E-state index contributed by atoms with van der Waals surface area (Å²) in [6.07, 6.45) is 0. The molecule has 1 aliphatic heterocycles. The largest absolute Gasteiger partial charge is 0.494 e. The topological polar surface area (TPSA) is 51.7 Å². The highest BCUT2D eigenvalue weighted by Gasteiger charge is 2.43. The maximum atomic E-state index is 13.4. The molecule has 5 rings (SSSR count). The summed E-state index contributed by atoms with van der Waals surface area (Å²) in [6.45, 7) is 7.12. The summed E-state index contributed by atoms with van der Waals surface area (Å²) in [6, 6.07) is 27.8. The predicted octanol–water partition coefficient (Wildman–Crippen LogP) is 6.37. The van der Waals surface area contributed by atoms with E-state index in [0.717, 1.165) is 50.4 Å². The van der Waals surface area contributed by atoms with E-state index in [2.05, 4.69) is 24.9 Å². The van der Waals surface area contributed by atoms with Gasteiger partial charge in [0.2, 0.25) is 0 Å². The lowest BCUT2D eigenvalue weighted by Gasteiger charge is -2.31. The molecule has 5 heteroatoms. The number of carbonyl (C=O) groups is 1. The summed E-state index contributed by atoms with van der Waals surface area (Å²) >= 11 is 0. The molecule has 1 aliphatic rings. The van der Waals surface area contributed by atoms with Gasteiger partial charge in [-0.15, -0.1) is 0 Å². The van der Waals surface area contributed by atoms with Crippen LogP contribution in [0.5, 0.6) is 11.5 Å². The number of hydrogen-bond donors (Lipinski definition) is 0. The molecule has 1 amide bonds. The molecule has 2 heterocycles.